The van der Waals surface area contributed by atoms with Crippen LogP contribution >= 0.6 is 23.2 Å². The summed E-state index contributed by atoms with van der Waals surface area (Å²) in [6.07, 6.45) is 8.06. The molecule has 0 saturated heterocycles. The Morgan fingerprint density at radius 1 is 1.10 bits per heavy atom. The van der Waals surface area contributed by atoms with Gasteiger partial charge in [0.05, 0.1) is 12.8 Å². The van der Waals surface area contributed by atoms with Crippen molar-refractivity contribution < 1.29 is 14.0 Å². The lowest BCUT2D eigenvalue weighted by Gasteiger charge is -2.31. The SMILES string of the molecule is O=C(NC1CCCCCC1)[C@@H](c1ccc(Cl)cc1)N(Cc1ccco1)C(=O)CCl. The Kier molecular flexibility index (Phi) is 8.01. The zero-order valence-corrected chi connectivity index (χ0v) is 17.8. The van der Waals surface area contributed by atoms with E-state index in [-0.39, 0.29) is 30.3 Å². The van der Waals surface area contributed by atoms with E-state index in [0.29, 0.717) is 16.3 Å². The molecule has 3 rings (SSSR count). The average molecular weight is 437 g/mol. The molecule has 1 saturated carbocycles. The second-order valence-electron chi connectivity index (χ2n) is 7.39. The fourth-order valence-corrected chi connectivity index (χ4v) is 4.07. The summed E-state index contributed by atoms with van der Waals surface area (Å²) in [4.78, 5) is 27.6. The molecule has 29 heavy (non-hydrogen) atoms. The Morgan fingerprint density at radius 3 is 2.38 bits per heavy atom. The normalized spacial score (nSPS) is 16.1. The van der Waals surface area contributed by atoms with Crippen LogP contribution in [0.15, 0.2) is 47.1 Å². The van der Waals surface area contributed by atoms with Gasteiger partial charge in [-0.1, -0.05) is 49.4 Å². The van der Waals surface area contributed by atoms with Crippen LogP contribution in [0.2, 0.25) is 5.02 Å². The van der Waals surface area contributed by atoms with Crippen molar-refractivity contribution in [2.75, 3.05) is 5.88 Å². The molecule has 2 amide bonds. The third-order valence-corrected chi connectivity index (χ3v) is 5.77. The second kappa shape index (κ2) is 10.7. The number of nitrogens with one attached hydrogen (secondary N) is 1. The highest BCUT2D eigenvalue weighted by atomic mass is 35.5. The van der Waals surface area contributed by atoms with E-state index in [1.807, 2.05) is 0 Å². The van der Waals surface area contributed by atoms with Gasteiger partial charge in [-0.25, -0.2) is 0 Å². The first-order chi connectivity index (χ1) is 14.1. The minimum Gasteiger partial charge on any atom is -0.467 e. The van der Waals surface area contributed by atoms with Gasteiger partial charge in [-0.15, -0.1) is 11.6 Å². The number of benzene rings is 1. The van der Waals surface area contributed by atoms with Crippen molar-refractivity contribution in [2.45, 2.75) is 57.2 Å². The van der Waals surface area contributed by atoms with Crippen LogP contribution in [-0.2, 0) is 16.1 Å². The van der Waals surface area contributed by atoms with E-state index < -0.39 is 6.04 Å². The summed E-state index contributed by atoms with van der Waals surface area (Å²) in [6.45, 7) is 0.157. The van der Waals surface area contributed by atoms with Gasteiger partial charge in [0, 0.05) is 11.1 Å². The molecule has 7 heteroatoms. The molecule has 0 radical (unpaired) electrons. The molecule has 5 nitrogen and oxygen atoms in total. The van der Waals surface area contributed by atoms with E-state index in [1.54, 1.807) is 42.7 Å². The van der Waals surface area contributed by atoms with Crippen molar-refractivity contribution >= 4 is 35.0 Å². The third kappa shape index (κ3) is 6.00. The molecule has 156 valence electrons. The number of hydrogen-bond donors (Lipinski definition) is 1. The first kappa shape index (κ1) is 21.7. The van der Waals surface area contributed by atoms with Crippen LogP contribution in [-0.4, -0.2) is 28.6 Å². The smallest absolute Gasteiger partial charge is 0.247 e. The zero-order chi connectivity index (χ0) is 20.6. The van der Waals surface area contributed by atoms with Crippen LogP contribution in [0.1, 0.15) is 55.9 Å². The van der Waals surface area contributed by atoms with Crippen molar-refractivity contribution in [3.8, 4) is 0 Å². The molecule has 1 aliphatic carbocycles. The minimum absolute atomic E-state index is 0.122. The predicted molar refractivity (Wildman–Crippen MR) is 114 cm³/mol. The number of halogens is 2. The van der Waals surface area contributed by atoms with E-state index in [1.165, 1.54) is 17.7 Å². The minimum atomic E-state index is -0.813. The van der Waals surface area contributed by atoms with E-state index in [0.717, 1.165) is 25.7 Å². The van der Waals surface area contributed by atoms with Crippen LogP contribution in [0.3, 0.4) is 0 Å². The number of furan rings is 1. The van der Waals surface area contributed by atoms with Gasteiger partial charge < -0.3 is 14.6 Å². The molecule has 1 fully saturated rings. The second-order valence-corrected chi connectivity index (χ2v) is 8.09. The number of amides is 2. The maximum Gasteiger partial charge on any atom is 0.247 e. The molecular formula is C22H26Cl2N2O3. The largest absolute Gasteiger partial charge is 0.467 e. The Hall–Kier alpha value is -1.98. The molecular weight excluding hydrogens is 411 g/mol. The topological polar surface area (TPSA) is 62.6 Å². The third-order valence-electron chi connectivity index (χ3n) is 5.29. The maximum absolute atomic E-state index is 13.4. The number of carbonyl (C=O) groups excluding carboxylic acids is 2. The first-order valence-corrected chi connectivity index (χ1v) is 10.9. The van der Waals surface area contributed by atoms with Crippen molar-refractivity contribution in [2.24, 2.45) is 0 Å². The number of nitrogens with zero attached hydrogens (tertiary/aromatic N) is 1. The Balaban J connectivity index is 1.90. The number of rotatable bonds is 7. The van der Waals surface area contributed by atoms with Crippen LogP contribution in [0.25, 0.3) is 0 Å². The molecule has 1 aromatic carbocycles. The highest BCUT2D eigenvalue weighted by molar-refractivity contribution is 6.30. The van der Waals surface area contributed by atoms with Crippen LogP contribution in [0.4, 0.5) is 0 Å². The number of alkyl halides is 1. The standard InChI is InChI=1S/C22H26Cl2N2O3/c23-14-20(27)26(15-19-8-5-13-29-19)21(16-9-11-17(24)12-10-16)22(28)25-18-6-3-1-2-4-7-18/h5,8-13,18,21H,1-4,6-7,14-15H2,(H,25,28)/t21-/m1/s1. The van der Waals surface area contributed by atoms with Crippen LogP contribution in [0, 0.1) is 0 Å². The van der Waals surface area contributed by atoms with Crippen molar-refractivity contribution in [1.82, 2.24) is 10.2 Å². The lowest BCUT2D eigenvalue weighted by Crippen LogP contribution is -2.46. The molecule has 2 aromatic rings. The Bertz CT molecular complexity index is 785. The highest BCUT2D eigenvalue weighted by Gasteiger charge is 2.33. The van der Waals surface area contributed by atoms with Gasteiger partial charge in [0.1, 0.15) is 17.7 Å². The number of hydrogen-bond acceptors (Lipinski definition) is 3. The fraction of sp³-hybridized carbons (Fsp3) is 0.455. The number of carbonyl (C=O) groups is 2. The Morgan fingerprint density at radius 2 is 1.79 bits per heavy atom. The summed E-state index contributed by atoms with van der Waals surface area (Å²) < 4.78 is 5.42. The molecule has 1 N–H and O–H groups in total. The van der Waals surface area contributed by atoms with Gasteiger partial charge in [0.25, 0.3) is 0 Å². The highest BCUT2D eigenvalue weighted by Crippen LogP contribution is 2.27. The molecule has 0 aliphatic heterocycles. The molecule has 1 heterocycles. The van der Waals surface area contributed by atoms with E-state index >= 15 is 0 Å². The van der Waals surface area contributed by atoms with Crippen LogP contribution < -0.4 is 5.32 Å². The van der Waals surface area contributed by atoms with E-state index in [2.05, 4.69) is 5.32 Å². The first-order valence-electron chi connectivity index (χ1n) is 10.0. The Labute approximate surface area is 181 Å². The average Bonchev–Trinajstić information content (AvgIpc) is 3.11. The summed E-state index contributed by atoms with van der Waals surface area (Å²) in [5, 5.41) is 3.74. The van der Waals surface area contributed by atoms with Gasteiger partial charge in [0.2, 0.25) is 11.8 Å². The van der Waals surface area contributed by atoms with Gasteiger partial charge >= 0.3 is 0 Å². The summed E-state index contributed by atoms with van der Waals surface area (Å²) >= 11 is 11.9. The summed E-state index contributed by atoms with van der Waals surface area (Å²) in [6, 6.07) is 9.83. The molecule has 1 atom stereocenters. The lowest BCUT2D eigenvalue weighted by atomic mass is 10.0. The van der Waals surface area contributed by atoms with E-state index in [4.69, 9.17) is 27.6 Å². The zero-order valence-electron chi connectivity index (χ0n) is 16.3. The lowest BCUT2D eigenvalue weighted by molar-refractivity contribution is -0.140. The molecule has 1 aliphatic rings. The summed E-state index contributed by atoms with van der Waals surface area (Å²) in [5.41, 5.74) is 0.686. The summed E-state index contributed by atoms with van der Waals surface area (Å²) in [7, 11) is 0. The maximum atomic E-state index is 13.4. The van der Waals surface area contributed by atoms with Gasteiger partial charge in [-0.05, 0) is 42.7 Å². The van der Waals surface area contributed by atoms with Crippen molar-refractivity contribution in [3.63, 3.8) is 0 Å². The fourth-order valence-electron chi connectivity index (χ4n) is 3.79. The molecule has 1 aromatic heterocycles. The monoisotopic (exact) mass is 436 g/mol. The van der Waals surface area contributed by atoms with E-state index in [9.17, 15) is 9.59 Å². The molecule has 0 unspecified atom stereocenters. The van der Waals surface area contributed by atoms with Crippen LogP contribution in [0.5, 0.6) is 0 Å². The van der Waals surface area contributed by atoms with Crippen molar-refractivity contribution in [1.29, 1.82) is 0 Å². The molecule has 0 spiro atoms. The van der Waals surface area contributed by atoms with Gasteiger partial charge in [0.15, 0.2) is 0 Å². The van der Waals surface area contributed by atoms with Crippen molar-refractivity contribution in [3.05, 3.63) is 59.0 Å². The molecule has 0 bridgehead atoms. The van der Waals surface area contributed by atoms with Gasteiger partial charge in [-0.2, -0.15) is 0 Å². The quantitative estimate of drug-likeness (QED) is 0.485. The van der Waals surface area contributed by atoms with Gasteiger partial charge in [-0.3, -0.25) is 9.59 Å². The predicted octanol–water partition coefficient (Wildman–Crippen LogP) is 5.08. The summed E-state index contributed by atoms with van der Waals surface area (Å²) in [5.74, 6) is -0.172.